The van der Waals surface area contributed by atoms with E-state index in [0.29, 0.717) is 0 Å². The molecule has 0 aromatic rings. The highest BCUT2D eigenvalue weighted by Gasteiger charge is 2.47. The monoisotopic (exact) mass is 186 g/mol. The van der Waals surface area contributed by atoms with E-state index in [1.54, 1.807) is 7.11 Å². The van der Waals surface area contributed by atoms with E-state index in [1.165, 1.54) is 0 Å². The van der Waals surface area contributed by atoms with Gasteiger partial charge in [-0.25, -0.2) is 0 Å². The van der Waals surface area contributed by atoms with E-state index >= 15 is 0 Å². The van der Waals surface area contributed by atoms with Crippen LogP contribution < -0.4 is 0 Å². The van der Waals surface area contributed by atoms with Crippen LogP contribution in [-0.4, -0.2) is 24.3 Å². The molecule has 1 rings (SSSR count). The lowest BCUT2D eigenvalue weighted by Crippen LogP contribution is -2.41. The van der Waals surface area contributed by atoms with Gasteiger partial charge in [-0.15, -0.1) is 0 Å². The average molecular weight is 186 g/mol. The quantitative estimate of drug-likeness (QED) is 0.731. The molecule has 1 atom stereocenters. The topological polar surface area (TPSA) is 46.5 Å². The van der Waals surface area contributed by atoms with Crippen LogP contribution >= 0.6 is 0 Å². The van der Waals surface area contributed by atoms with Crippen molar-refractivity contribution in [3.05, 3.63) is 0 Å². The van der Waals surface area contributed by atoms with Gasteiger partial charge in [0.25, 0.3) is 0 Å². The second kappa shape index (κ2) is 4.09. The Morgan fingerprint density at radius 2 is 2.08 bits per heavy atom. The van der Waals surface area contributed by atoms with Gasteiger partial charge in [0.15, 0.2) is 0 Å². The standard InChI is InChI=1S/C10H18O3/c1-3-8(13-2)10(9(11)12)6-4-5-7-10/h8H,3-7H2,1-2H3,(H,11,12). The predicted octanol–water partition coefficient (Wildman–Crippen LogP) is 2.06. The van der Waals surface area contributed by atoms with Gasteiger partial charge in [-0.2, -0.15) is 0 Å². The number of methoxy groups -OCH3 is 1. The van der Waals surface area contributed by atoms with E-state index in [-0.39, 0.29) is 6.10 Å². The van der Waals surface area contributed by atoms with E-state index in [2.05, 4.69) is 0 Å². The summed E-state index contributed by atoms with van der Waals surface area (Å²) in [7, 11) is 1.61. The van der Waals surface area contributed by atoms with Gasteiger partial charge in [-0.3, -0.25) is 4.79 Å². The summed E-state index contributed by atoms with van der Waals surface area (Å²) in [5.41, 5.74) is -0.594. The molecule has 1 aliphatic rings. The van der Waals surface area contributed by atoms with Crippen molar-refractivity contribution in [1.29, 1.82) is 0 Å². The molecular formula is C10H18O3. The summed E-state index contributed by atoms with van der Waals surface area (Å²) in [6.07, 6.45) is 4.25. The van der Waals surface area contributed by atoms with Crippen molar-refractivity contribution in [1.82, 2.24) is 0 Å². The van der Waals surface area contributed by atoms with Crippen LogP contribution in [0.5, 0.6) is 0 Å². The van der Waals surface area contributed by atoms with Crippen LogP contribution in [0.2, 0.25) is 0 Å². The smallest absolute Gasteiger partial charge is 0.312 e. The second-order valence-corrected chi connectivity index (χ2v) is 3.80. The Kier molecular flexibility index (Phi) is 3.31. The Bertz CT molecular complexity index is 179. The summed E-state index contributed by atoms with van der Waals surface area (Å²) in [5.74, 6) is -0.682. The zero-order valence-electron chi connectivity index (χ0n) is 8.38. The van der Waals surface area contributed by atoms with Crippen LogP contribution in [0.1, 0.15) is 39.0 Å². The summed E-state index contributed by atoms with van der Waals surface area (Å²) in [5, 5.41) is 9.22. The van der Waals surface area contributed by atoms with Crippen molar-refractivity contribution in [2.24, 2.45) is 5.41 Å². The molecule has 0 saturated heterocycles. The molecule has 0 aromatic heterocycles. The SMILES string of the molecule is CCC(OC)C1(C(=O)O)CCCC1. The van der Waals surface area contributed by atoms with E-state index in [0.717, 1.165) is 32.1 Å². The van der Waals surface area contributed by atoms with Crippen molar-refractivity contribution in [3.8, 4) is 0 Å². The fourth-order valence-corrected chi connectivity index (χ4v) is 2.46. The Hall–Kier alpha value is -0.570. The second-order valence-electron chi connectivity index (χ2n) is 3.80. The molecule has 1 aliphatic carbocycles. The first kappa shape index (κ1) is 10.5. The number of carboxylic acid groups (broad SMARTS) is 1. The van der Waals surface area contributed by atoms with E-state index in [1.807, 2.05) is 6.92 Å². The molecule has 0 radical (unpaired) electrons. The normalized spacial score (nSPS) is 22.9. The molecule has 1 N–H and O–H groups in total. The van der Waals surface area contributed by atoms with Crippen molar-refractivity contribution in [2.45, 2.75) is 45.1 Å². The molecule has 0 spiro atoms. The van der Waals surface area contributed by atoms with Crippen LogP contribution in [-0.2, 0) is 9.53 Å². The maximum absolute atomic E-state index is 11.2. The molecule has 1 unspecified atom stereocenters. The molecule has 0 heterocycles. The largest absolute Gasteiger partial charge is 0.481 e. The number of rotatable bonds is 4. The van der Waals surface area contributed by atoms with Crippen molar-refractivity contribution >= 4 is 5.97 Å². The van der Waals surface area contributed by atoms with Crippen LogP contribution in [0.15, 0.2) is 0 Å². The van der Waals surface area contributed by atoms with Crippen LogP contribution in [0, 0.1) is 5.41 Å². The number of aliphatic carboxylic acids is 1. The van der Waals surface area contributed by atoms with Gasteiger partial charge in [0.2, 0.25) is 0 Å². The first-order valence-electron chi connectivity index (χ1n) is 4.93. The number of ether oxygens (including phenoxy) is 1. The summed E-state index contributed by atoms with van der Waals surface area (Å²) >= 11 is 0. The highest BCUT2D eigenvalue weighted by Crippen LogP contribution is 2.43. The third-order valence-electron chi connectivity index (χ3n) is 3.19. The molecule has 0 amide bonds. The third-order valence-corrected chi connectivity index (χ3v) is 3.19. The van der Waals surface area contributed by atoms with Crippen LogP contribution in [0.4, 0.5) is 0 Å². The fraction of sp³-hybridized carbons (Fsp3) is 0.900. The van der Waals surface area contributed by atoms with E-state index in [4.69, 9.17) is 4.74 Å². The molecule has 0 aromatic carbocycles. The minimum atomic E-state index is -0.682. The highest BCUT2D eigenvalue weighted by atomic mass is 16.5. The van der Waals surface area contributed by atoms with Crippen molar-refractivity contribution < 1.29 is 14.6 Å². The maximum atomic E-state index is 11.2. The van der Waals surface area contributed by atoms with Gasteiger partial charge in [0, 0.05) is 7.11 Å². The minimum absolute atomic E-state index is 0.118. The Morgan fingerprint density at radius 1 is 1.54 bits per heavy atom. The summed E-state index contributed by atoms with van der Waals surface area (Å²) in [6, 6.07) is 0. The molecular weight excluding hydrogens is 168 g/mol. The van der Waals surface area contributed by atoms with Gasteiger partial charge < -0.3 is 9.84 Å². The van der Waals surface area contributed by atoms with Gasteiger partial charge in [0.05, 0.1) is 11.5 Å². The zero-order chi connectivity index (χ0) is 9.90. The summed E-state index contributed by atoms with van der Waals surface area (Å²) < 4.78 is 5.27. The molecule has 0 bridgehead atoms. The molecule has 1 fully saturated rings. The number of carbonyl (C=O) groups is 1. The first-order chi connectivity index (χ1) is 6.17. The van der Waals surface area contributed by atoms with Crippen molar-refractivity contribution in [2.75, 3.05) is 7.11 Å². The molecule has 13 heavy (non-hydrogen) atoms. The van der Waals surface area contributed by atoms with E-state index in [9.17, 15) is 9.90 Å². The Morgan fingerprint density at radius 3 is 2.38 bits per heavy atom. The number of hydrogen-bond donors (Lipinski definition) is 1. The third kappa shape index (κ3) is 1.70. The molecule has 0 aliphatic heterocycles. The Labute approximate surface area is 79.1 Å². The van der Waals surface area contributed by atoms with Gasteiger partial charge >= 0.3 is 5.97 Å². The number of carboxylic acids is 1. The van der Waals surface area contributed by atoms with Gasteiger partial charge in [0.1, 0.15) is 0 Å². The predicted molar refractivity (Wildman–Crippen MR) is 49.6 cm³/mol. The maximum Gasteiger partial charge on any atom is 0.312 e. The number of hydrogen-bond acceptors (Lipinski definition) is 2. The van der Waals surface area contributed by atoms with Crippen LogP contribution in [0.25, 0.3) is 0 Å². The van der Waals surface area contributed by atoms with Gasteiger partial charge in [-0.1, -0.05) is 19.8 Å². The van der Waals surface area contributed by atoms with Crippen molar-refractivity contribution in [3.63, 3.8) is 0 Å². The average Bonchev–Trinajstić information content (AvgIpc) is 2.56. The lowest BCUT2D eigenvalue weighted by Gasteiger charge is -2.31. The molecule has 76 valence electrons. The zero-order valence-corrected chi connectivity index (χ0v) is 8.38. The summed E-state index contributed by atoms with van der Waals surface area (Å²) in [4.78, 5) is 11.2. The first-order valence-corrected chi connectivity index (χ1v) is 4.93. The highest BCUT2D eigenvalue weighted by molar-refractivity contribution is 5.75. The lowest BCUT2D eigenvalue weighted by molar-refractivity contribution is -0.158. The summed E-state index contributed by atoms with van der Waals surface area (Å²) in [6.45, 7) is 1.98. The molecule has 3 heteroatoms. The molecule has 1 saturated carbocycles. The fourth-order valence-electron chi connectivity index (χ4n) is 2.46. The molecule has 3 nitrogen and oxygen atoms in total. The van der Waals surface area contributed by atoms with E-state index < -0.39 is 11.4 Å². The van der Waals surface area contributed by atoms with Crippen LogP contribution in [0.3, 0.4) is 0 Å². The minimum Gasteiger partial charge on any atom is -0.481 e. The Balaban J connectivity index is 2.82. The van der Waals surface area contributed by atoms with Gasteiger partial charge in [-0.05, 0) is 19.3 Å². The lowest BCUT2D eigenvalue weighted by atomic mass is 9.79.